The van der Waals surface area contributed by atoms with Gasteiger partial charge in [0.1, 0.15) is 11.9 Å². The third-order valence-electron chi connectivity index (χ3n) is 4.57. The number of nitrogens with one attached hydrogen (secondary N) is 3. The fourth-order valence-corrected chi connectivity index (χ4v) is 3.29. The first-order chi connectivity index (χ1) is 15.9. The van der Waals surface area contributed by atoms with Gasteiger partial charge in [-0.2, -0.15) is 5.26 Å². The van der Waals surface area contributed by atoms with Crippen LogP contribution >= 0.6 is 11.9 Å². The van der Waals surface area contributed by atoms with Gasteiger partial charge in [-0.05, 0) is 56.0 Å². The van der Waals surface area contributed by atoms with Crippen molar-refractivity contribution < 1.29 is 9.18 Å². The van der Waals surface area contributed by atoms with Gasteiger partial charge in [-0.1, -0.05) is 12.1 Å². The summed E-state index contributed by atoms with van der Waals surface area (Å²) in [5.74, 6) is -0.694. The molecule has 0 aliphatic rings. The average molecular weight is 466 g/mol. The minimum atomic E-state index is -0.672. The molecule has 1 aromatic carbocycles. The number of amides is 1. The Morgan fingerprint density at radius 2 is 1.97 bits per heavy atom. The molecule has 0 saturated heterocycles. The van der Waals surface area contributed by atoms with E-state index >= 15 is 0 Å². The average Bonchev–Trinajstić information content (AvgIpc) is 2.80. The maximum atomic E-state index is 14.2. The molecule has 3 aromatic rings. The highest BCUT2D eigenvalue weighted by Crippen LogP contribution is 2.23. The molecule has 170 valence electrons. The van der Waals surface area contributed by atoms with Crippen molar-refractivity contribution in [3.8, 4) is 6.07 Å². The number of nitriles is 1. The van der Waals surface area contributed by atoms with Crippen molar-refractivity contribution in [1.29, 1.82) is 5.26 Å². The van der Waals surface area contributed by atoms with Gasteiger partial charge in [-0.25, -0.2) is 14.4 Å². The van der Waals surface area contributed by atoms with E-state index in [4.69, 9.17) is 10.4 Å². The molecule has 0 atom stereocenters. The first kappa shape index (κ1) is 24.0. The first-order valence-electron chi connectivity index (χ1n) is 10.2. The highest BCUT2D eigenvalue weighted by molar-refractivity contribution is 7.97. The second-order valence-electron chi connectivity index (χ2n) is 7.47. The maximum absolute atomic E-state index is 14.2. The van der Waals surface area contributed by atoms with Crippen molar-refractivity contribution >= 4 is 35.2 Å². The molecule has 10 heteroatoms. The summed E-state index contributed by atoms with van der Waals surface area (Å²) in [7, 11) is 0. The number of benzene rings is 1. The predicted octanol–water partition coefficient (Wildman–Crippen LogP) is 3.99. The fourth-order valence-electron chi connectivity index (χ4n) is 3.00. The summed E-state index contributed by atoms with van der Waals surface area (Å²) in [5.41, 5.74) is 2.13. The predicted molar refractivity (Wildman–Crippen MR) is 128 cm³/mol. The zero-order chi connectivity index (χ0) is 23.8. The Balaban J connectivity index is 1.71. The quantitative estimate of drug-likeness (QED) is 0.349. The lowest BCUT2D eigenvalue weighted by Gasteiger charge is -2.16. The number of hydrogen-bond acceptors (Lipinski definition) is 8. The Labute approximate surface area is 196 Å². The molecule has 2 aromatic heterocycles. The molecule has 0 unspecified atom stereocenters. The van der Waals surface area contributed by atoms with E-state index in [1.165, 1.54) is 24.3 Å². The lowest BCUT2D eigenvalue weighted by atomic mass is 10.1. The van der Waals surface area contributed by atoms with Crippen LogP contribution in [0.15, 0.2) is 53.7 Å². The summed E-state index contributed by atoms with van der Waals surface area (Å²) < 4.78 is 14.2. The number of carbonyl (C=O) groups excluding carboxylic acids is 1. The Hall–Kier alpha value is -3.68. The van der Waals surface area contributed by atoms with Gasteiger partial charge in [0, 0.05) is 35.9 Å². The zero-order valence-electron chi connectivity index (χ0n) is 18.2. The molecule has 0 aliphatic heterocycles. The van der Waals surface area contributed by atoms with Crippen LogP contribution in [0.5, 0.6) is 0 Å². The number of aromatic nitrogens is 2. The molecule has 0 fully saturated rings. The largest absolute Gasteiger partial charge is 0.382 e. The number of rotatable bonds is 9. The van der Waals surface area contributed by atoms with Gasteiger partial charge in [-0.3, -0.25) is 9.93 Å². The van der Waals surface area contributed by atoms with Crippen LogP contribution in [0.1, 0.15) is 35.3 Å². The van der Waals surface area contributed by atoms with E-state index in [1.54, 1.807) is 6.07 Å². The van der Waals surface area contributed by atoms with Crippen LogP contribution in [0.2, 0.25) is 0 Å². The highest BCUT2D eigenvalue weighted by Gasteiger charge is 2.15. The third-order valence-corrected chi connectivity index (χ3v) is 5.11. The first-order valence-corrected chi connectivity index (χ1v) is 11.1. The monoisotopic (exact) mass is 465 g/mol. The molecule has 0 bridgehead atoms. The number of carbonyl (C=O) groups is 1. The van der Waals surface area contributed by atoms with Crippen LogP contribution in [0.4, 0.5) is 21.7 Å². The minimum absolute atomic E-state index is 0.0514. The molecule has 1 amide bonds. The van der Waals surface area contributed by atoms with E-state index in [2.05, 4.69) is 25.9 Å². The maximum Gasteiger partial charge on any atom is 0.254 e. The fraction of sp³-hybridized carbons (Fsp3) is 0.217. The van der Waals surface area contributed by atoms with E-state index in [1.807, 2.05) is 44.2 Å². The molecule has 8 nitrogen and oxygen atoms in total. The van der Waals surface area contributed by atoms with Crippen LogP contribution in [0, 0.1) is 17.1 Å². The Kier molecular flexibility index (Phi) is 8.18. The van der Waals surface area contributed by atoms with Crippen LogP contribution in [0.3, 0.4) is 0 Å². The van der Waals surface area contributed by atoms with E-state index in [0.717, 1.165) is 16.5 Å². The van der Waals surface area contributed by atoms with Crippen LogP contribution in [-0.2, 0) is 6.42 Å². The molecule has 0 saturated carbocycles. The molecule has 2 heterocycles. The van der Waals surface area contributed by atoms with E-state index in [9.17, 15) is 9.18 Å². The molecule has 0 radical (unpaired) electrons. The smallest absolute Gasteiger partial charge is 0.254 e. The number of anilines is 3. The molecule has 0 aliphatic carbocycles. The molecule has 3 rings (SSSR count). The van der Waals surface area contributed by atoms with Gasteiger partial charge < -0.3 is 16.0 Å². The summed E-state index contributed by atoms with van der Waals surface area (Å²) in [5, 5.41) is 23.3. The Morgan fingerprint density at radius 1 is 1.21 bits per heavy atom. The van der Waals surface area contributed by atoms with Crippen LogP contribution in [0.25, 0.3) is 0 Å². The van der Waals surface area contributed by atoms with Gasteiger partial charge in [0.15, 0.2) is 11.6 Å². The minimum Gasteiger partial charge on any atom is -0.382 e. The SMILES string of the molecule is CC(C)Nc1cc(Nc2ncc(C#N)cc2F)ncc1C(=O)NCCc1ccc(SN)cc1. The number of nitrogens with zero attached hydrogens (tertiary/aromatic N) is 3. The third kappa shape index (κ3) is 6.65. The summed E-state index contributed by atoms with van der Waals surface area (Å²) in [4.78, 5) is 21.9. The van der Waals surface area contributed by atoms with Crippen LogP contribution in [-0.4, -0.2) is 28.5 Å². The number of hydrogen-bond donors (Lipinski definition) is 4. The van der Waals surface area contributed by atoms with E-state index in [-0.39, 0.29) is 23.3 Å². The van der Waals surface area contributed by atoms with E-state index in [0.29, 0.717) is 30.0 Å². The molecule has 5 N–H and O–H groups in total. The molecule has 0 spiro atoms. The van der Waals surface area contributed by atoms with Gasteiger partial charge in [0.25, 0.3) is 5.91 Å². The van der Waals surface area contributed by atoms with Crippen molar-refractivity contribution in [2.45, 2.75) is 31.2 Å². The number of pyridine rings is 2. The lowest BCUT2D eigenvalue weighted by molar-refractivity contribution is 0.0954. The van der Waals surface area contributed by atoms with Crippen LogP contribution < -0.4 is 21.1 Å². The van der Waals surface area contributed by atoms with Gasteiger partial charge in [-0.15, -0.1) is 0 Å². The van der Waals surface area contributed by atoms with Crippen molar-refractivity contribution in [2.24, 2.45) is 5.14 Å². The topological polar surface area (TPSA) is 129 Å². The summed E-state index contributed by atoms with van der Waals surface area (Å²) >= 11 is 1.19. The molecular formula is C23H24FN7OS. The van der Waals surface area contributed by atoms with Crippen molar-refractivity contribution in [1.82, 2.24) is 15.3 Å². The van der Waals surface area contributed by atoms with Gasteiger partial charge in [0.2, 0.25) is 0 Å². The van der Waals surface area contributed by atoms with Gasteiger partial charge >= 0.3 is 0 Å². The van der Waals surface area contributed by atoms with Crippen molar-refractivity contribution in [3.05, 3.63) is 71.3 Å². The Bertz CT molecular complexity index is 1160. The summed E-state index contributed by atoms with van der Waals surface area (Å²) in [6.45, 7) is 4.34. The second-order valence-corrected chi connectivity index (χ2v) is 8.18. The van der Waals surface area contributed by atoms with E-state index < -0.39 is 5.82 Å². The summed E-state index contributed by atoms with van der Waals surface area (Å²) in [6, 6.07) is 12.4. The van der Waals surface area contributed by atoms with Crippen molar-refractivity contribution in [2.75, 3.05) is 17.2 Å². The number of halogens is 1. The molecular weight excluding hydrogens is 441 g/mol. The normalized spacial score (nSPS) is 10.5. The number of nitrogens with two attached hydrogens (primary N) is 1. The highest BCUT2D eigenvalue weighted by atomic mass is 32.2. The standard InChI is InChI=1S/C23H24FN7OS/c1-14(2)30-20-10-21(31-22-19(24)9-16(11-25)12-29-22)28-13-18(20)23(32)27-8-7-15-3-5-17(33-26)6-4-15/h3-6,9-10,12-14H,7-8,26H2,1-2H3,(H,27,32)(H2,28,29,30,31). The summed E-state index contributed by atoms with van der Waals surface area (Å²) in [6.07, 6.45) is 3.37. The molecule has 33 heavy (non-hydrogen) atoms. The van der Waals surface area contributed by atoms with Gasteiger partial charge in [0.05, 0.1) is 16.8 Å². The van der Waals surface area contributed by atoms with Crippen molar-refractivity contribution in [3.63, 3.8) is 0 Å². The second kappa shape index (κ2) is 11.3. The Morgan fingerprint density at radius 3 is 2.61 bits per heavy atom. The zero-order valence-corrected chi connectivity index (χ0v) is 19.0. The lowest BCUT2D eigenvalue weighted by Crippen LogP contribution is -2.27.